The number of hydrogen-bond acceptors (Lipinski definition) is 6. The first kappa shape index (κ1) is 30.7. The Balaban J connectivity index is 3.55. The molecule has 2 unspecified atom stereocenters. The molecule has 0 fully saturated rings. The van der Waals surface area contributed by atoms with Crippen molar-refractivity contribution >= 4 is 23.8 Å². The first-order valence-corrected chi connectivity index (χ1v) is 12.3. The van der Waals surface area contributed by atoms with E-state index in [0.29, 0.717) is 12.0 Å². The number of aromatic hydroxyl groups is 1. The van der Waals surface area contributed by atoms with Crippen molar-refractivity contribution < 1.29 is 29.0 Å². The van der Waals surface area contributed by atoms with Crippen LogP contribution in [0.3, 0.4) is 0 Å². The molecule has 0 saturated carbocycles. The van der Waals surface area contributed by atoms with E-state index in [2.05, 4.69) is 10.6 Å². The van der Waals surface area contributed by atoms with Gasteiger partial charge in [0.25, 0.3) is 0 Å². The standard InChI is InChI=1S/C26H42N4O6/c1-8-9-15-30(21(23(33)28-16(2)3)18-12-10-11-17(4)22(18)32)24(34)19(13-14-20(27)31)29-25(35)36-26(5,6)7/h10-12,16,19,21,32H,8-9,13-15H2,1-7H3,(H2,27,31)(H,28,33)(H,29,35). The predicted octanol–water partition coefficient (Wildman–Crippen LogP) is 3.05. The monoisotopic (exact) mass is 506 g/mol. The second-order valence-corrected chi connectivity index (χ2v) is 10.2. The van der Waals surface area contributed by atoms with Gasteiger partial charge in [-0.3, -0.25) is 14.4 Å². The van der Waals surface area contributed by atoms with Gasteiger partial charge in [0.1, 0.15) is 23.4 Å². The molecule has 0 radical (unpaired) electrons. The quantitative estimate of drug-likeness (QED) is 0.342. The minimum Gasteiger partial charge on any atom is -0.507 e. The maximum atomic E-state index is 13.9. The molecule has 0 aromatic heterocycles. The average molecular weight is 507 g/mol. The molecule has 0 aliphatic carbocycles. The third kappa shape index (κ3) is 9.75. The summed E-state index contributed by atoms with van der Waals surface area (Å²) in [5.41, 5.74) is 5.32. The molecule has 0 aliphatic heterocycles. The molecule has 0 saturated heterocycles. The molecule has 0 aliphatic rings. The summed E-state index contributed by atoms with van der Waals surface area (Å²) in [5.74, 6) is -1.78. The zero-order chi connectivity index (χ0) is 27.6. The second-order valence-electron chi connectivity index (χ2n) is 10.2. The fourth-order valence-electron chi connectivity index (χ4n) is 3.61. The van der Waals surface area contributed by atoms with Gasteiger partial charge in [0.05, 0.1) is 0 Å². The van der Waals surface area contributed by atoms with E-state index in [1.54, 1.807) is 59.7 Å². The Morgan fingerprint density at radius 3 is 2.31 bits per heavy atom. The topological polar surface area (TPSA) is 151 Å². The van der Waals surface area contributed by atoms with Crippen molar-refractivity contribution in [1.29, 1.82) is 0 Å². The highest BCUT2D eigenvalue weighted by Crippen LogP contribution is 2.32. The minimum absolute atomic E-state index is 0.0750. The molecule has 10 nitrogen and oxygen atoms in total. The molecule has 1 aromatic rings. The van der Waals surface area contributed by atoms with Crippen molar-refractivity contribution in [2.75, 3.05) is 6.54 Å². The number of alkyl carbamates (subject to hydrolysis) is 1. The molecular formula is C26H42N4O6. The van der Waals surface area contributed by atoms with Crippen molar-refractivity contribution in [1.82, 2.24) is 15.5 Å². The largest absolute Gasteiger partial charge is 0.507 e. The number of ether oxygens (including phenoxy) is 1. The van der Waals surface area contributed by atoms with Gasteiger partial charge in [0.2, 0.25) is 17.7 Å². The van der Waals surface area contributed by atoms with Crippen LogP contribution in [-0.4, -0.2) is 58.1 Å². The van der Waals surface area contributed by atoms with Gasteiger partial charge >= 0.3 is 6.09 Å². The molecule has 36 heavy (non-hydrogen) atoms. The zero-order valence-electron chi connectivity index (χ0n) is 22.5. The fourth-order valence-corrected chi connectivity index (χ4v) is 3.61. The van der Waals surface area contributed by atoms with Crippen LogP contribution in [0.25, 0.3) is 0 Å². The smallest absolute Gasteiger partial charge is 0.408 e. The highest BCUT2D eigenvalue weighted by molar-refractivity contribution is 5.93. The van der Waals surface area contributed by atoms with Gasteiger partial charge in [-0.25, -0.2) is 4.79 Å². The van der Waals surface area contributed by atoms with E-state index in [1.807, 2.05) is 6.92 Å². The lowest BCUT2D eigenvalue weighted by Gasteiger charge is -2.35. The lowest BCUT2D eigenvalue weighted by Crippen LogP contribution is -2.54. The fraction of sp³-hybridized carbons (Fsp3) is 0.615. The van der Waals surface area contributed by atoms with Gasteiger partial charge in [-0.05, 0) is 59.9 Å². The number of benzene rings is 1. The maximum absolute atomic E-state index is 13.9. The van der Waals surface area contributed by atoms with Crippen molar-refractivity contribution in [3.63, 3.8) is 0 Å². The molecule has 10 heteroatoms. The van der Waals surface area contributed by atoms with E-state index < -0.39 is 41.5 Å². The molecule has 0 heterocycles. The van der Waals surface area contributed by atoms with E-state index in [4.69, 9.17) is 10.5 Å². The number of nitrogens with two attached hydrogens (primary N) is 1. The first-order chi connectivity index (χ1) is 16.7. The summed E-state index contributed by atoms with van der Waals surface area (Å²) in [6.45, 7) is 12.5. The van der Waals surface area contributed by atoms with Gasteiger partial charge in [-0.2, -0.15) is 0 Å². The summed E-state index contributed by atoms with van der Waals surface area (Å²) in [6, 6.07) is 2.44. The number of unbranched alkanes of at least 4 members (excludes halogenated alkanes) is 1. The van der Waals surface area contributed by atoms with E-state index >= 15 is 0 Å². The van der Waals surface area contributed by atoms with Crippen LogP contribution >= 0.6 is 0 Å². The Morgan fingerprint density at radius 1 is 1.14 bits per heavy atom. The van der Waals surface area contributed by atoms with Crippen LogP contribution in [0, 0.1) is 6.92 Å². The number of hydrogen-bond donors (Lipinski definition) is 4. The number of primary amides is 1. The highest BCUT2D eigenvalue weighted by atomic mass is 16.6. The molecule has 2 atom stereocenters. The molecule has 1 aromatic carbocycles. The van der Waals surface area contributed by atoms with Crippen LogP contribution in [0.15, 0.2) is 18.2 Å². The maximum Gasteiger partial charge on any atom is 0.408 e. The number of nitrogens with zero attached hydrogens (tertiary/aromatic N) is 1. The number of phenols is 1. The summed E-state index contributed by atoms with van der Waals surface area (Å²) in [5, 5.41) is 16.2. The van der Waals surface area contributed by atoms with Crippen LogP contribution < -0.4 is 16.4 Å². The number of carbonyl (C=O) groups excluding carboxylic acids is 4. The molecule has 5 N–H and O–H groups in total. The molecule has 0 bridgehead atoms. The second kappa shape index (κ2) is 13.7. The number of rotatable bonds is 12. The Labute approximate surface area is 213 Å². The zero-order valence-corrected chi connectivity index (χ0v) is 22.5. The number of aryl methyl sites for hydroxylation is 1. The van der Waals surface area contributed by atoms with Crippen LogP contribution in [0.4, 0.5) is 4.79 Å². The molecule has 0 spiro atoms. The number of para-hydroxylation sites is 1. The van der Waals surface area contributed by atoms with Crippen LogP contribution in [-0.2, 0) is 19.1 Å². The highest BCUT2D eigenvalue weighted by Gasteiger charge is 2.37. The normalized spacial score (nSPS) is 13.0. The Morgan fingerprint density at radius 2 is 1.78 bits per heavy atom. The van der Waals surface area contributed by atoms with Gasteiger partial charge in [0, 0.05) is 24.6 Å². The summed E-state index contributed by atoms with van der Waals surface area (Å²) in [4.78, 5) is 52.7. The number of carbonyl (C=O) groups is 4. The first-order valence-electron chi connectivity index (χ1n) is 12.3. The van der Waals surface area contributed by atoms with Crippen molar-refractivity contribution in [3.8, 4) is 5.75 Å². The third-order valence-electron chi connectivity index (χ3n) is 5.26. The Kier molecular flexibility index (Phi) is 11.7. The lowest BCUT2D eigenvalue weighted by atomic mass is 9.98. The Bertz CT molecular complexity index is 925. The van der Waals surface area contributed by atoms with Crippen LogP contribution in [0.5, 0.6) is 5.75 Å². The van der Waals surface area contributed by atoms with Crippen molar-refractivity contribution in [2.24, 2.45) is 5.73 Å². The van der Waals surface area contributed by atoms with Crippen molar-refractivity contribution in [2.45, 2.75) is 97.9 Å². The van der Waals surface area contributed by atoms with E-state index in [9.17, 15) is 24.3 Å². The molecule has 4 amide bonds. The van der Waals surface area contributed by atoms with E-state index in [0.717, 1.165) is 6.42 Å². The van der Waals surface area contributed by atoms with Gasteiger partial charge in [-0.15, -0.1) is 0 Å². The van der Waals surface area contributed by atoms with Gasteiger partial charge < -0.3 is 31.1 Å². The van der Waals surface area contributed by atoms with Crippen LogP contribution in [0.2, 0.25) is 0 Å². The summed E-state index contributed by atoms with van der Waals surface area (Å²) in [6.07, 6.45) is 0.231. The van der Waals surface area contributed by atoms with Gasteiger partial charge in [0.15, 0.2) is 0 Å². The molecule has 202 valence electrons. The lowest BCUT2D eigenvalue weighted by molar-refractivity contribution is -0.143. The SMILES string of the molecule is CCCCN(C(=O)C(CCC(N)=O)NC(=O)OC(C)(C)C)C(C(=O)NC(C)C)c1cccc(C)c1O. The van der Waals surface area contributed by atoms with E-state index in [-0.39, 0.29) is 36.7 Å². The van der Waals surface area contributed by atoms with Crippen LogP contribution in [0.1, 0.15) is 84.4 Å². The van der Waals surface area contributed by atoms with Crippen molar-refractivity contribution in [3.05, 3.63) is 29.3 Å². The Hall–Kier alpha value is -3.30. The number of phenolic OH excluding ortho intramolecular Hbond substituents is 1. The number of amides is 4. The van der Waals surface area contributed by atoms with Gasteiger partial charge in [-0.1, -0.05) is 31.5 Å². The van der Waals surface area contributed by atoms with E-state index in [1.165, 1.54) is 4.90 Å². The summed E-state index contributed by atoms with van der Waals surface area (Å²) >= 11 is 0. The third-order valence-corrected chi connectivity index (χ3v) is 5.26. The summed E-state index contributed by atoms with van der Waals surface area (Å²) in [7, 11) is 0. The molecule has 1 rings (SSSR count). The number of nitrogens with one attached hydrogen (secondary N) is 2. The minimum atomic E-state index is -1.18. The predicted molar refractivity (Wildman–Crippen MR) is 137 cm³/mol. The average Bonchev–Trinajstić information content (AvgIpc) is 2.74. The molecular weight excluding hydrogens is 464 g/mol. The summed E-state index contributed by atoms with van der Waals surface area (Å²) < 4.78 is 5.31.